The maximum absolute atomic E-state index is 13.8. The molecule has 0 aliphatic heterocycles. The summed E-state index contributed by atoms with van der Waals surface area (Å²) in [6, 6.07) is 3.77. The van der Waals surface area contributed by atoms with Crippen LogP contribution >= 0.6 is 0 Å². The van der Waals surface area contributed by atoms with Crippen molar-refractivity contribution in [2.45, 2.75) is 59.7 Å². The van der Waals surface area contributed by atoms with Gasteiger partial charge in [-0.25, -0.2) is 14.0 Å². The highest BCUT2D eigenvalue weighted by Crippen LogP contribution is 2.26. The highest BCUT2D eigenvalue weighted by atomic mass is 19.1. The van der Waals surface area contributed by atoms with Crippen molar-refractivity contribution in [1.29, 1.82) is 0 Å². The lowest BCUT2D eigenvalue weighted by atomic mass is 10.2. The fraction of sp³-hybridized carbons (Fsp3) is 0.600. The van der Waals surface area contributed by atoms with Crippen LogP contribution in [0.2, 0.25) is 0 Å². The summed E-state index contributed by atoms with van der Waals surface area (Å²) in [6.45, 7) is 13.0. The number of rotatable bonds is 5. The van der Waals surface area contributed by atoms with Gasteiger partial charge in [0.15, 0.2) is 0 Å². The zero-order valence-corrected chi connectivity index (χ0v) is 17.8. The monoisotopic (exact) mass is 397 g/mol. The summed E-state index contributed by atoms with van der Waals surface area (Å²) in [5.74, 6) is -0.530. The Morgan fingerprint density at radius 3 is 2.04 bits per heavy atom. The van der Waals surface area contributed by atoms with E-state index in [1.54, 1.807) is 48.5 Å². The number of anilines is 2. The lowest BCUT2D eigenvalue weighted by Crippen LogP contribution is -2.44. The molecule has 0 aliphatic rings. The maximum atomic E-state index is 13.8. The molecule has 0 unspecified atom stereocenters. The number of hydrogen-bond acceptors (Lipinski definition) is 5. The summed E-state index contributed by atoms with van der Waals surface area (Å²) in [7, 11) is 0. The van der Waals surface area contributed by atoms with E-state index >= 15 is 0 Å². The van der Waals surface area contributed by atoms with Crippen molar-refractivity contribution in [2.75, 3.05) is 30.3 Å². The van der Waals surface area contributed by atoms with Crippen molar-refractivity contribution in [2.24, 2.45) is 0 Å². The molecule has 0 saturated carbocycles. The summed E-state index contributed by atoms with van der Waals surface area (Å²) in [5, 5.41) is 0. The Morgan fingerprint density at radius 2 is 1.54 bits per heavy atom. The predicted octanol–water partition coefficient (Wildman–Crippen LogP) is 4.41. The van der Waals surface area contributed by atoms with Gasteiger partial charge in [0, 0.05) is 19.6 Å². The van der Waals surface area contributed by atoms with Crippen LogP contribution in [0.1, 0.15) is 48.5 Å². The molecule has 8 heteroatoms. The predicted molar refractivity (Wildman–Crippen MR) is 108 cm³/mol. The number of hydrogen-bond donors (Lipinski definition) is 1. The largest absolute Gasteiger partial charge is 0.444 e. The summed E-state index contributed by atoms with van der Waals surface area (Å²) in [4.78, 5) is 27.7. The molecule has 0 aromatic heterocycles. The third-order valence-electron chi connectivity index (χ3n) is 3.52. The molecular weight excluding hydrogens is 365 g/mol. The zero-order valence-electron chi connectivity index (χ0n) is 17.8. The summed E-state index contributed by atoms with van der Waals surface area (Å²) in [5.41, 5.74) is 4.99. The van der Waals surface area contributed by atoms with Crippen molar-refractivity contribution in [3.05, 3.63) is 24.0 Å². The van der Waals surface area contributed by atoms with Crippen LogP contribution < -0.4 is 10.6 Å². The van der Waals surface area contributed by atoms with Crippen molar-refractivity contribution >= 4 is 23.6 Å². The molecule has 0 saturated heterocycles. The zero-order chi connectivity index (χ0) is 21.7. The minimum atomic E-state index is -0.743. The Morgan fingerprint density at radius 1 is 1.00 bits per heavy atom. The standard InChI is InChI=1S/C20H32FN3O4/c1-8-23(17(25)27-19(2,3)4)11-12-24(18(26)28-20(5,6)7)16-13-14(21)9-10-15(16)22/h9-10,13H,8,11-12,22H2,1-7H3. The average Bonchev–Trinajstić information content (AvgIpc) is 2.50. The number of nitrogens with zero attached hydrogens (tertiary/aromatic N) is 2. The van der Waals surface area contributed by atoms with Gasteiger partial charge in [0.1, 0.15) is 17.0 Å². The molecule has 1 aromatic carbocycles. The summed E-state index contributed by atoms with van der Waals surface area (Å²) >= 11 is 0. The summed E-state index contributed by atoms with van der Waals surface area (Å²) < 4.78 is 24.6. The molecule has 7 nitrogen and oxygen atoms in total. The van der Waals surface area contributed by atoms with Gasteiger partial charge >= 0.3 is 12.2 Å². The van der Waals surface area contributed by atoms with Crippen LogP contribution in [0.5, 0.6) is 0 Å². The molecule has 28 heavy (non-hydrogen) atoms. The number of nitrogens with two attached hydrogens (primary N) is 1. The first-order valence-corrected chi connectivity index (χ1v) is 9.27. The third kappa shape index (κ3) is 7.62. The highest BCUT2D eigenvalue weighted by Gasteiger charge is 2.27. The number of amides is 2. The van der Waals surface area contributed by atoms with Crippen LogP contribution in [0.25, 0.3) is 0 Å². The molecule has 0 atom stereocenters. The molecule has 1 rings (SSSR count). The molecule has 158 valence electrons. The first-order chi connectivity index (χ1) is 12.7. The van der Waals surface area contributed by atoms with Crippen molar-refractivity contribution in [3.8, 4) is 0 Å². The van der Waals surface area contributed by atoms with Crippen molar-refractivity contribution < 1.29 is 23.5 Å². The van der Waals surface area contributed by atoms with Gasteiger partial charge in [-0.1, -0.05) is 0 Å². The second-order valence-electron chi connectivity index (χ2n) is 8.40. The van der Waals surface area contributed by atoms with Gasteiger partial charge in [-0.15, -0.1) is 0 Å². The van der Waals surface area contributed by atoms with E-state index in [2.05, 4.69) is 0 Å². The molecule has 0 radical (unpaired) electrons. The van der Waals surface area contributed by atoms with E-state index < -0.39 is 29.2 Å². The van der Waals surface area contributed by atoms with Gasteiger partial charge in [-0.2, -0.15) is 0 Å². The first kappa shape index (κ1) is 23.5. The number of ether oxygens (including phenoxy) is 2. The van der Waals surface area contributed by atoms with E-state index in [0.29, 0.717) is 6.54 Å². The second kappa shape index (κ2) is 9.12. The number of halogens is 1. The normalized spacial score (nSPS) is 11.7. The van der Waals surface area contributed by atoms with E-state index in [9.17, 15) is 14.0 Å². The number of carbonyl (C=O) groups excluding carboxylic acids is 2. The topological polar surface area (TPSA) is 85.1 Å². The van der Waals surface area contributed by atoms with E-state index in [4.69, 9.17) is 15.2 Å². The quantitative estimate of drug-likeness (QED) is 0.744. The van der Waals surface area contributed by atoms with Crippen LogP contribution in [0.4, 0.5) is 25.4 Å². The van der Waals surface area contributed by atoms with E-state index in [1.165, 1.54) is 28.0 Å². The minimum Gasteiger partial charge on any atom is -0.444 e. The lowest BCUT2D eigenvalue weighted by molar-refractivity contribution is 0.0258. The van der Waals surface area contributed by atoms with Crippen LogP contribution in [-0.2, 0) is 9.47 Å². The molecule has 0 aliphatic carbocycles. The molecule has 0 bridgehead atoms. The van der Waals surface area contributed by atoms with Crippen LogP contribution in [-0.4, -0.2) is 47.9 Å². The second-order valence-corrected chi connectivity index (χ2v) is 8.40. The molecule has 0 spiro atoms. The smallest absolute Gasteiger partial charge is 0.414 e. The Kier molecular flexibility index (Phi) is 7.66. The maximum Gasteiger partial charge on any atom is 0.414 e. The van der Waals surface area contributed by atoms with Crippen molar-refractivity contribution in [1.82, 2.24) is 4.90 Å². The van der Waals surface area contributed by atoms with Gasteiger partial charge < -0.3 is 20.1 Å². The first-order valence-electron chi connectivity index (χ1n) is 9.27. The van der Waals surface area contributed by atoms with Crippen LogP contribution in [0.3, 0.4) is 0 Å². The van der Waals surface area contributed by atoms with Gasteiger partial charge in [0.05, 0.1) is 11.4 Å². The Balaban J connectivity index is 3.07. The molecule has 0 fully saturated rings. The third-order valence-corrected chi connectivity index (χ3v) is 3.52. The van der Waals surface area contributed by atoms with Gasteiger partial charge in [-0.05, 0) is 66.7 Å². The number of nitrogen functional groups attached to an aromatic ring is 1. The van der Waals surface area contributed by atoms with Crippen LogP contribution in [0, 0.1) is 5.82 Å². The number of carbonyl (C=O) groups is 2. The van der Waals surface area contributed by atoms with Crippen molar-refractivity contribution in [3.63, 3.8) is 0 Å². The van der Waals surface area contributed by atoms with Gasteiger partial charge in [0.25, 0.3) is 0 Å². The minimum absolute atomic E-state index is 0.0651. The fourth-order valence-corrected chi connectivity index (χ4v) is 2.30. The fourth-order valence-electron chi connectivity index (χ4n) is 2.30. The molecule has 0 heterocycles. The Labute approximate surface area is 166 Å². The molecular formula is C20H32FN3O4. The molecule has 2 amide bonds. The van der Waals surface area contributed by atoms with Gasteiger partial charge in [0.2, 0.25) is 0 Å². The highest BCUT2D eigenvalue weighted by molar-refractivity contribution is 5.92. The van der Waals surface area contributed by atoms with E-state index in [1.807, 2.05) is 0 Å². The van der Waals surface area contributed by atoms with E-state index in [-0.39, 0.29) is 24.5 Å². The molecule has 1 aromatic rings. The van der Waals surface area contributed by atoms with E-state index in [0.717, 1.165) is 0 Å². The number of benzene rings is 1. The van der Waals surface area contributed by atoms with Crippen LogP contribution in [0.15, 0.2) is 18.2 Å². The SMILES string of the molecule is CCN(CCN(C(=O)OC(C)(C)C)c1cc(F)ccc1N)C(=O)OC(C)(C)C. The number of likely N-dealkylation sites (N-methyl/N-ethyl adjacent to an activating group) is 1. The lowest BCUT2D eigenvalue weighted by Gasteiger charge is -2.31. The molecule has 2 N–H and O–H groups in total. The average molecular weight is 397 g/mol. The Bertz CT molecular complexity index is 696. The Hall–Kier alpha value is -2.51. The summed E-state index contributed by atoms with van der Waals surface area (Å²) in [6.07, 6.45) is -1.17. The van der Waals surface area contributed by atoms with Gasteiger partial charge in [-0.3, -0.25) is 4.90 Å².